The predicted octanol–water partition coefficient (Wildman–Crippen LogP) is 5.11. The Morgan fingerprint density at radius 2 is 1.75 bits per heavy atom. The maximum atomic E-state index is 4.37. The topological polar surface area (TPSA) is 0 Å². The number of fused-ring (bicyclic) bond motifs is 4. The van der Waals surface area contributed by atoms with Crippen LogP contribution in [0.4, 0.5) is 0 Å². The molecule has 20 heavy (non-hydrogen) atoms. The average molecular weight is 256 g/mol. The molecule has 96 valence electrons. The Kier molecular flexibility index (Phi) is 2.34. The van der Waals surface area contributed by atoms with Crippen LogP contribution in [-0.2, 0) is 6.42 Å². The van der Waals surface area contributed by atoms with Gasteiger partial charge in [-0.15, -0.1) is 0 Å². The lowest BCUT2D eigenvalue weighted by Gasteiger charge is -2.23. The number of rotatable bonds is 0. The summed E-state index contributed by atoms with van der Waals surface area (Å²) < 4.78 is 0. The summed E-state index contributed by atoms with van der Waals surface area (Å²) in [5.74, 6) is 0. The van der Waals surface area contributed by atoms with E-state index in [2.05, 4.69) is 68.1 Å². The van der Waals surface area contributed by atoms with Gasteiger partial charge in [-0.2, -0.15) is 0 Å². The Labute approximate surface area is 119 Å². The van der Waals surface area contributed by atoms with E-state index in [-0.39, 0.29) is 0 Å². The van der Waals surface area contributed by atoms with Crippen LogP contribution >= 0.6 is 0 Å². The minimum atomic E-state index is 1.01. The first kappa shape index (κ1) is 11.5. The SMILES string of the molecule is C=C1c2ccccc2Cc2ccc3cc(C)ccc3c21. The van der Waals surface area contributed by atoms with E-state index in [4.69, 9.17) is 0 Å². The highest BCUT2D eigenvalue weighted by atomic mass is 14.2. The van der Waals surface area contributed by atoms with Crippen LogP contribution in [0.25, 0.3) is 16.3 Å². The van der Waals surface area contributed by atoms with E-state index in [1.165, 1.54) is 38.6 Å². The molecule has 0 fully saturated rings. The second-order valence-corrected chi connectivity index (χ2v) is 5.64. The van der Waals surface area contributed by atoms with Gasteiger partial charge in [0.2, 0.25) is 0 Å². The van der Waals surface area contributed by atoms with Gasteiger partial charge in [0.1, 0.15) is 0 Å². The molecule has 0 aromatic heterocycles. The maximum absolute atomic E-state index is 4.37. The largest absolute Gasteiger partial charge is 0.0905 e. The zero-order valence-electron chi connectivity index (χ0n) is 11.6. The minimum Gasteiger partial charge on any atom is -0.0905 e. The van der Waals surface area contributed by atoms with Crippen LogP contribution < -0.4 is 0 Å². The Balaban J connectivity index is 2.04. The van der Waals surface area contributed by atoms with Gasteiger partial charge in [-0.25, -0.2) is 0 Å². The van der Waals surface area contributed by atoms with Gasteiger partial charge in [-0.1, -0.05) is 66.7 Å². The highest BCUT2D eigenvalue weighted by Crippen LogP contribution is 2.38. The van der Waals surface area contributed by atoms with Crippen LogP contribution in [0.3, 0.4) is 0 Å². The minimum absolute atomic E-state index is 1.01. The third-order valence-electron chi connectivity index (χ3n) is 4.29. The Hall–Kier alpha value is -2.34. The molecule has 3 aromatic rings. The van der Waals surface area contributed by atoms with Gasteiger partial charge in [0.05, 0.1) is 0 Å². The van der Waals surface area contributed by atoms with E-state index in [0.717, 1.165) is 12.0 Å². The number of hydrogen-bond donors (Lipinski definition) is 0. The van der Waals surface area contributed by atoms with E-state index in [9.17, 15) is 0 Å². The van der Waals surface area contributed by atoms with Crippen LogP contribution in [0.1, 0.15) is 27.8 Å². The molecule has 0 radical (unpaired) electrons. The van der Waals surface area contributed by atoms with Gasteiger partial charge >= 0.3 is 0 Å². The molecule has 0 saturated heterocycles. The summed E-state index contributed by atoms with van der Waals surface area (Å²) >= 11 is 0. The number of hydrogen-bond acceptors (Lipinski definition) is 0. The molecular weight excluding hydrogens is 240 g/mol. The second-order valence-electron chi connectivity index (χ2n) is 5.64. The van der Waals surface area contributed by atoms with Crippen molar-refractivity contribution in [3.63, 3.8) is 0 Å². The lowest BCUT2D eigenvalue weighted by Crippen LogP contribution is -2.06. The molecule has 3 aromatic carbocycles. The van der Waals surface area contributed by atoms with Crippen LogP contribution in [-0.4, -0.2) is 0 Å². The van der Waals surface area contributed by atoms with Crippen molar-refractivity contribution in [2.45, 2.75) is 13.3 Å². The van der Waals surface area contributed by atoms with Crippen LogP contribution in [0.2, 0.25) is 0 Å². The smallest absolute Gasteiger partial charge is 0.00132 e. The zero-order chi connectivity index (χ0) is 13.7. The fourth-order valence-electron chi connectivity index (χ4n) is 3.31. The predicted molar refractivity (Wildman–Crippen MR) is 86.1 cm³/mol. The molecule has 0 unspecified atom stereocenters. The Bertz CT molecular complexity index is 853. The van der Waals surface area contributed by atoms with E-state index in [0.29, 0.717) is 0 Å². The monoisotopic (exact) mass is 256 g/mol. The summed E-state index contributed by atoms with van der Waals surface area (Å²) in [7, 11) is 0. The second kappa shape index (κ2) is 4.08. The first-order valence-corrected chi connectivity index (χ1v) is 7.04. The molecule has 0 aliphatic heterocycles. The number of benzene rings is 3. The van der Waals surface area contributed by atoms with Gasteiger partial charge in [0.15, 0.2) is 0 Å². The van der Waals surface area contributed by atoms with E-state index < -0.39 is 0 Å². The van der Waals surface area contributed by atoms with Gasteiger partial charge < -0.3 is 0 Å². The van der Waals surface area contributed by atoms with Crippen LogP contribution in [0.15, 0.2) is 61.2 Å². The molecule has 4 rings (SSSR count). The highest BCUT2D eigenvalue weighted by molar-refractivity contribution is 6.00. The third kappa shape index (κ3) is 1.55. The van der Waals surface area contributed by atoms with Crippen molar-refractivity contribution in [1.29, 1.82) is 0 Å². The molecule has 0 heteroatoms. The van der Waals surface area contributed by atoms with Gasteiger partial charge in [-0.05, 0) is 51.9 Å². The zero-order valence-corrected chi connectivity index (χ0v) is 11.6. The molecule has 0 heterocycles. The molecule has 1 aliphatic carbocycles. The van der Waals surface area contributed by atoms with Crippen molar-refractivity contribution < 1.29 is 0 Å². The lowest BCUT2D eigenvalue weighted by molar-refractivity contribution is 1.15. The highest BCUT2D eigenvalue weighted by Gasteiger charge is 2.20. The summed E-state index contributed by atoms with van der Waals surface area (Å²) in [4.78, 5) is 0. The van der Waals surface area contributed by atoms with Crippen molar-refractivity contribution in [3.05, 3.63) is 89.0 Å². The molecule has 0 atom stereocenters. The van der Waals surface area contributed by atoms with Crippen molar-refractivity contribution >= 4 is 16.3 Å². The summed E-state index contributed by atoms with van der Waals surface area (Å²) in [6, 6.07) is 19.8. The molecule has 0 amide bonds. The summed E-state index contributed by atoms with van der Waals surface area (Å²) in [5, 5.41) is 2.64. The van der Waals surface area contributed by atoms with Crippen molar-refractivity contribution in [2.75, 3.05) is 0 Å². The Morgan fingerprint density at radius 3 is 2.65 bits per heavy atom. The number of aryl methyl sites for hydroxylation is 1. The van der Waals surface area contributed by atoms with E-state index >= 15 is 0 Å². The first-order chi connectivity index (χ1) is 9.74. The van der Waals surface area contributed by atoms with Crippen LogP contribution in [0, 0.1) is 6.92 Å². The first-order valence-electron chi connectivity index (χ1n) is 7.04. The van der Waals surface area contributed by atoms with E-state index in [1.807, 2.05) is 0 Å². The summed E-state index contributed by atoms with van der Waals surface area (Å²) in [5.41, 5.74) is 7.88. The van der Waals surface area contributed by atoms with Crippen molar-refractivity contribution in [3.8, 4) is 0 Å². The van der Waals surface area contributed by atoms with Gasteiger partial charge in [0.25, 0.3) is 0 Å². The van der Waals surface area contributed by atoms with E-state index in [1.54, 1.807) is 0 Å². The van der Waals surface area contributed by atoms with Gasteiger partial charge in [0, 0.05) is 0 Å². The Morgan fingerprint density at radius 1 is 0.900 bits per heavy atom. The molecule has 0 spiro atoms. The molecule has 0 nitrogen and oxygen atoms in total. The summed E-state index contributed by atoms with van der Waals surface area (Å²) in [6.45, 7) is 6.51. The lowest BCUT2D eigenvalue weighted by atomic mass is 9.80. The average Bonchev–Trinajstić information content (AvgIpc) is 2.47. The molecule has 0 N–H and O–H groups in total. The third-order valence-corrected chi connectivity index (χ3v) is 4.29. The fourth-order valence-corrected chi connectivity index (χ4v) is 3.31. The molecular formula is C20H16. The van der Waals surface area contributed by atoms with Gasteiger partial charge in [-0.3, -0.25) is 0 Å². The quantitative estimate of drug-likeness (QED) is 0.410. The van der Waals surface area contributed by atoms with Crippen molar-refractivity contribution in [2.24, 2.45) is 0 Å². The maximum Gasteiger partial charge on any atom is -0.00132 e. The molecule has 1 aliphatic rings. The van der Waals surface area contributed by atoms with Crippen molar-refractivity contribution in [1.82, 2.24) is 0 Å². The molecule has 0 bridgehead atoms. The standard InChI is InChI=1S/C20H16/c1-13-7-10-19-16(11-13)8-9-17-12-15-5-3-4-6-18(15)14(2)20(17)19/h3-11H,2,12H2,1H3. The summed E-state index contributed by atoms with van der Waals surface area (Å²) in [6.07, 6.45) is 1.01. The fraction of sp³-hybridized carbons (Fsp3) is 0.100. The molecule has 0 saturated carbocycles. The van der Waals surface area contributed by atoms with Crippen LogP contribution in [0.5, 0.6) is 0 Å². The normalized spacial score (nSPS) is 13.2.